The lowest BCUT2D eigenvalue weighted by Crippen LogP contribution is -2.49. The first kappa shape index (κ1) is 16.6. The number of nitrogens with zero attached hydrogens (tertiary/aromatic N) is 2. The number of aliphatic hydroxyl groups excluding tert-OH is 1. The zero-order valence-electron chi connectivity index (χ0n) is 13.1. The van der Waals surface area contributed by atoms with Gasteiger partial charge in [-0.2, -0.15) is 0 Å². The van der Waals surface area contributed by atoms with Crippen LogP contribution in [0.25, 0.3) is 0 Å². The lowest BCUT2D eigenvalue weighted by molar-refractivity contribution is 0.0267. The molecule has 1 N–H and O–H groups in total. The molecule has 0 spiro atoms. The van der Waals surface area contributed by atoms with Crippen LogP contribution in [0, 0.1) is 12.3 Å². The highest BCUT2D eigenvalue weighted by Gasteiger charge is 2.21. The number of aliphatic hydroxyl groups is 1. The third-order valence-corrected chi connectivity index (χ3v) is 3.76. The zero-order chi connectivity index (χ0) is 15.8. The van der Waals surface area contributed by atoms with Crippen LogP contribution in [0.1, 0.15) is 0 Å². The van der Waals surface area contributed by atoms with Crippen LogP contribution < -0.4 is 9.64 Å². The van der Waals surface area contributed by atoms with Crippen molar-refractivity contribution in [2.75, 3.05) is 57.9 Å². The fourth-order valence-corrected chi connectivity index (χ4v) is 2.67. The number of piperazine rings is 1. The first-order valence-electron chi connectivity index (χ1n) is 7.54. The van der Waals surface area contributed by atoms with Crippen LogP contribution in [0.5, 0.6) is 5.75 Å². The minimum atomic E-state index is -0.494. The van der Waals surface area contributed by atoms with E-state index in [9.17, 15) is 5.11 Å². The van der Waals surface area contributed by atoms with Crippen molar-refractivity contribution in [1.82, 2.24) is 4.90 Å². The third kappa shape index (κ3) is 4.63. The van der Waals surface area contributed by atoms with Gasteiger partial charge in [0.1, 0.15) is 12.4 Å². The molecule has 1 heterocycles. The molecule has 5 nitrogen and oxygen atoms in total. The van der Waals surface area contributed by atoms with Gasteiger partial charge in [-0.15, -0.1) is 6.42 Å². The minimum Gasteiger partial charge on any atom is -0.495 e. The van der Waals surface area contributed by atoms with Gasteiger partial charge in [0.2, 0.25) is 0 Å². The number of β-amino-alcohol motifs (C(OH)–C–C–N with tert-alkyl or cyclic N) is 1. The second kappa shape index (κ2) is 8.64. The summed E-state index contributed by atoms with van der Waals surface area (Å²) < 4.78 is 10.6. The summed E-state index contributed by atoms with van der Waals surface area (Å²) in [5.41, 5.74) is 1.13. The molecular weight excluding hydrogens is 280 g/mol. The molecule has 1 unspecified atom stereocenters. The predicted octanol–water partition coefficient (Wildman–Crippen LogP) is 0.828. The van der Waals surface area contributed by atoms with Gasteiger partial charge in [0.05, 0.1) is 25.5 Å². The van der Waals surface area contributed by atoms with E-state index in [0.717, 1.165) is 37.6 Å². The fourth-order valence-electron chi connectivity index (χ4n) is 2.67. The van der Waals surface area contributed by atoms with Crippen LogP contribution in [-0.4, -0.2) is 69.2 Å². The van der Waals surface area contributed by atoms with Gasteiger partial charge >= 0.3 is 0 Å². The van der Waals surface area contributed by atoms with Gasteiger partial charge in [0.15, 0.2) is 0 Å². The Morgan fingerprint density at radius 1 is 1.27 bits per heavy atom. The van der Waals surface area contributed by atoms with E-state index in [1.54, 1.807) is 7.11 Å². The average molecular weight is 304 g/mol. The predicted molar refractivity (Wildman–Crippen MR) is 87.3 cm³/mol. The molecule has 1 fully saturated rings. The smallest absolute Gasteiger partial charge is 0.142 e. The summed E-state index contributed by atoms with van der Waals surface area (Å²) in [6.07, 6.45) is 4.62. The molecule has 1 aromatic carbocycles. The van der Waals surface area contributed by atoms with Crippen LogP contribution in [0.3, 0.4) is 0 Å². The number of rotatable bonds is 7. The van der Waals surface area contributed by atoms with Crippen LogP contribution in [0.15, 0.2) is 24.3 Å². The zero-order valence-corrected chi connectivity index (χ0v) is 13.1. The summed E-state index contributed by atoms with van der Waals surface area (Å²) in [5.74, 6) is 3.30. The molecule has 1 aromatic rings. The first-order valence-corrected chi connectivity index (χ1v) is 7.54. The highest BCUT2D eigenvalue weighted by molar-refractivity contribution is 5.58. The lowest BCUT2D eigenvalue weighted by Gasteiger charge is -2.37. The van der Waals surface area contributed by atoms with Crippen molar-refractivity contribution in [2.45, 2.75) is 6.10 Å². The Hall–Kier alpha value is -1.74. The van der Waals surface area contributed by atoms with Gasteiger partial charge in [0.25, 0.3) is 0 Å². The Labute approximate surface area is 132 Å². The molecule has 1 aliphatic heterocycles. The van der Waals surface area contributed by atoms with Crippen molar-refractivity contribution in [2.24, 2.45) is 0 Å². The molecule has 5 heteroatoms. The van der Waals surface area contributed by atoms with Crippen LogP contribution in [-0.2, 0) is 4.74 Å². The summed E-state index contributed by atoms with van der Waals surface area (Å²) >= 11 is 0. The fraction of sp³-hybridized carbons (Fsp3) is 0.529. The topological polar surface area (TPSA) is 45.2 Å². The summed E-state index contributed by atoms with van der Waals surface area (Å²) in [6.45, 7) is 4.80. The molecule has 1 aliphatic rings. The van der Waals surface area contributed by atoms with Gasteiger partial charge in [-0.25, -0.2) is 0 Å². The largest absolute Gasteiger partial charge is 0.495 e. The molecule has 0 aromatic heterocycles. The van der Waals surface area contributed by atoms with E-state index in [1.807, 2.05) is 18.2 Å². The number of methoxy groups -OCH3 is 1. The Morgan fingerprint density at radius 2 is 2.00 bits per heavy atom. The monoisotopic (exact) mass is 304 g/mol. The molecule has 1 atom stereocenters. The average Bonchev–Trinajstić information content (AvgIpc) is 2.56. The normalized spacial score (nSPS) is 17.0. The van der Waals surface area contributed by atoms with Crippen molar-refractivity contribution < 1.29 is 14.6 Å². The maximum atomic E-state index is 9.92. The van der Waals surface area contributed by atoms with E-state index >= 15 is 0 Å². The maximum absolute atomic E-state index is 9.92. The van der Waals surface area contributed by atoms with E-state index in [4.69, 9.17) is 15.9 Å². The van der Waals surface area contributed by atoms with Crippen molar-refractivity contribution >= 4 is 5.69 Å². The Balaban J connectivity index is 1.79. The van der Waals surface area contributed by atoms with Crippen LogP contribution >= 0.6 is 0 Å². The van der Waals surface area contributed by atoms with Gasteiger partial charge in [-0.05, 0) is 12.1 Å². The van der Waals surface area contributed by atoms with Gasteiger partial charge in [-0.1, -0.05) is 18.1 Å². The molecule has 1 saturated heterocycles. The second-order valence-electron chi connectivity index (χ2n) is 5.33. The van der Waals surface area contributed by atoms with Gasteiger partial charge in [0, 0.05) is 32.7 Å². The number of hydrogen-bond donors (Lipinski definition) is 1. The molecule has 0 saturated carbocycles. The summed E-state index contributed by atoms with van der Waals surface area (Å²) in [6, 6.07) is 8.06. The van der Waals surface area contributed by atoms with Crippen molar-refractivity contribution in [3.8, 4) is 18.1 Å². The van der Waals surface area contributed by atoms with E-state index in [-0.39, 0.29) is 13.2 Å². The Bertz CT molecular complexity index is 493. The molecule has 120 valence electrons. The number of ether oxygens (including phenoxy) is 2. The lowest BCUT2D eigenvalue weighted by atomic mass is 10.2. The van der Waals surface area contributed by atoms with E-state index in [0.29, 0.717) is 6.54 Å². The van der Waals surface area contributed by atoms with Crippen molar-refractivity contribution in [1.29, 1.82) is 0 Å². The molecule has 0 aliphatic carbocycles. The molecule has 2 rings (SSSR count). The number of terminal acetylenes is 1. The quantitative estimate of drug-likeness (QED) is 0.597. The molecule has 0 bridgehead atoms. The summed E-state index contributed by atoms with van der Waals surface area (Å²) in [4.78, 5) is 4.56. The molecular formula is C17H24N2O3. The number of anilines is 1. The number of benzene rings is 1. The highest BCUT2D eigenvalue weighted by Crippen LogP contribution is 2.28. The standard InChI is InChI=1S/C17H24N2O3/c1-3-12-22-14-15(20)13-18-8-10-19(11-9-18)16-6-4-5-7-17(16)21-2/h1,4-7,15,20H,8-14H2,2H3. The Morgan fingerprint density at radius 3 is 2.68 bits per heavy atom. The third-order valence-electron chi connectivity index (χ3n) is 3.76. The molecule has 22 heavy (non-hydrogen) atoms. The van der Waals surface area contributed by atoms with Gasteiger partial charge < -0.3 is 19.5 Å². The van der Waals surface area contributed by atoms with Crippen molar-refractivity contribution in [3.05, 3.63) is 24.3 Å². The van der Waals surface area contributed by atoms with Crippen molar-refractivity contribution in [3.63, 3.8) is 0 Å². The first-order chi connectivity index (χ1) is 10.7. The second-order valence-corrected chi connectivity index (χ2v) is 5.33. The highest BCUT2D eigenvalue weighted by atomic mass is 16.5. The van der Waals surface area contributed by atoms with E-state index in [2.05, 4.69) is 21.8 Å². The Kier molecular flexibility index (Phi) is 6.53. The number of para-hydroxylation sites is 2. The van der Waals surface area contributed by atoms with E-state index < -0.39 is 6.10 Å². The molecule has 0 amide bonds. The maximum Gasteiger partial charge on any atom is 0.142 e. The van der Waals surface area contributed by atoms with E-state index in [1.165, 1.54) is 0 Å². The summed E-state index contributed by atoms with van der Waals surface area (Å²) in [5, 5.41) is 9.92. The molecule has 0 radical (unpaired) electrons. The SMILES string of the molecule is C#CCOCC(O)CN1CCN(c2ccccc2OC)CC1. The summed E-state index contributed by atoms with van der Waals surface area (Å²) in [7, 11) is 1.70. The minimum absolute atomic E-state index is 0.249. The van der Waals surface area contributed by atoms with Crippen LogP contribution in [0.2, 0.25) is 0 Å². The van der Waals surface area contributed by atoms with Gasteiger partial charge in [-0.3, -0.25) is 4.90 Å². The number of hydrogen-bond acceptors (Lipinski definition) is 5. The van der Waals surface area contributed by atoms with Crippen LogP contribution in [0.4, 0.5) is 5.69 Å².